The smallest absolute Gasteiger partial charge is 0.0705 e. The minimum atomic E-state index is 1.07. The summed E-state index contributed by atoms with van der Waals surface area (Å²) in [6.45, 7) is 4.30. The number of nitrogens with zero attached hydrogens (tertiary/aromatic N) is 1. The summed E-state index contributed by atoms with van der Waals surface area (Å²) in [7, 11) is 0. The van der Waals surface area contributed by atoms with E-state index in [1.54, 1.807) is 0 Å². The third kappa shape index (κ3) is 2.08. The molecular formula is C17H17N. The molecule has 0 saturated carbocycles. The predicted molar refractivity (Wildman–Crippen MR) is 76.4 cm³/mol. The van der Waals surface area contributed by atoms with E-state index >= 15 is 0 Å². The summed E-state index contributed by atoms with van der Waals surface area (Å²) in [5, 5.41) is 0. The highest BCUT2D eigenvalue weighted by atomic mass is 14.7. The summed E-state index contributed by atoms with van der Waals surface area (Å²) < 4.78 is 0. The molecule has 0 unspecified atom stereocenters. The minimum Gasteiger partial charge on any atom is -0.252 e. The molecule has 3 rings (SSSR count). The molecule has 0 aliphatic heterocycles. The van der Waals surface area contributed by atoms with Crippen LogP contribution < -0.4 is 0 Å². The van der Waals surface area contributed by atoms with E-state index in [4.69, 9.17) is 4.98 Å². The van der Waals surface area contributed by atoms with Crippen molar-refractivity contribution < 1.29 is 0 Å². The Hall–Kier alpha value is -1.89. The highest BCUT2D eigenvalue weighted by Crippen LogP contribution is 2.25. The van der Waals surface area contributed by atoms with Crippen molar-refractivity contribution in [1.29, 1.82) is 0 Å². The van der Waals surface area contributed by atoms with Crippen molar-refractivity contribution in [2.45, 2.75) is 26.7 Å². The molecule has 0 amide bonds. The fraction of sp³-hybridized carbons (Fsp3) is 0.235. The van der Waals surface area contributed by atoms with Crippen LogP contribution in [0.1, 0.15) is 30.2 Å². The van der Waals surface area contributed by atoms with Crippen LogP contribution in [0.15, 0.2) is 42.0 Å². The average molecular weight is 235 g/mol. The van der Waals surface area contributed by atoms with Gasteiger partial charge in [0.15, 0.2) is 0 Å². The molecule has 1 aromatic carbocycles. The van der Waals surface area contributed by atoms with Crippen LogP contribution in [0.2, 0.25) is 0 Å². The lowest BCUT2D eigenvalue weighted by Crippen LogP contribution is -2.01. The second-order valence-electron chi connectivity index (χ2n) is 5.09. The van der Waals surface area contributed by atoms with Gasteiger partial charge in [0.05, 0.1) is 5.69 Å². The number of aromatic nitrogens is 1. The first kappa shape index (κ1) is 11.2. The molecule has 1 nitrogen and oxygen atoms in total. The zero-order chi connectivity index (χ0) is 12.5. The number of fused-ring (bicyclic) bond motifs is 1. The lowest BCUT2D eigenvalue weighted by Gasteiger charge is -2.14. The number of hydrogen-bond donors (Lipinski definition) is 0. The van der Waals surface area contributed by atoms with Gasteiger partial charge in [-0.3, -0.25) is 4.98 Å². The molecule has 1 aliphatic rings. The van der Waals surface area contributed by atoms with Crippen LogP contribution >= 0.6 is 0 Å². The molecule has 0 N–H and O–H groups in total. The summed E-state index contributed by atoms with van der Waals surface area (Å²) in [5.41, 5.74) is 7.55. The van der Waals surface area contributed by atoms with E-state index in [9.17, 15) is 0 Å². The molecule has 0 saturated heterocycles. The number of aryl methyl sites for hydroxylation is 2. The van der Waals surface area contributed by atoms with E-state index in [0.29, 0.717) is 0 Å². The van der Waals surface area contributed by atoms with Gasteiger partial charge in [0.1, 0.15) is 0 Å². The highest BCUT2D eigenvalue weighted by molar-refractivity contribution is 5.64. The fourth-order valence-corrected chi connectivity index (χ4v) is 2.38. The fourth-order valence-electron chi connectivity index (χ4n) is 2.38. The summed E-state index contributed by atoms with van der Waals surface area (Å²) in [4.78, 5) is 4.80. The van der Waals surface area contributed by atoms with Crippen LogP contribution in [0.5, 0.6) is 0 Å². The Bertz CT molecular complexity index is 606. The van der Waals surface area contributed by atoms with Crippen molar-refractivity contribution in [3.05, 3.63) is 58.8 Å². The van der Waals surface area contributed by atoms with Crippen LogP contribution in [-0.2, 0) is 6.42 Å². The van der Waals surface area contributed by atoms with Crippen molar-refractivity contribution in [2.75, 3.05) is 0 Å². The van der Waals surface area contributed by atoms with Gasteiger partial charge in [-0.15, -0.1) is 0 Å². The molecule has 2 aromatic rings. The molecule has 0 fully saturated rings. The standard InChI is InChI=1S/C17H17N/c1-12-3-6-14(7-4-12)16-10-8-15-11-13(2)5-9-17(15)18-16/h3-4,6-8,10-11H,5,9H2,1-2H3. The SMILES string of the molecule is CC1=Cc2ccc(-c3ccc(C)cc3)nc2CC1. The number of allylic oxidation sites excluding steroid dienone is 1. The van der Waals surface area contributed by atoms with E-state index < -0.39 is 0 Å². The monoisotopic (exact) mass is 235 g/mol. The maximum atomic E-state index is 4.80. The zero-order valence-corrected chi connectivity index (χ0v) is 10.9. The quantitative estimate of drug-likeness (QED) is 0.713. The van der Waals surface area contributed by atoms with E-state index in [1.807, 2.05) is 0 Å². The van der Waals surface area contributed by atoms with Crippen LogP contribution in [0.25, 0.3) is 17.3 Å². The van der Waals surface area contributed by atoms with Gasteiger partial charge >= 0.3 is 0 Å². The third-order valence-corrected chi connectivity index (χ3v) is 3.51. The molecular weight excluding hydrogens is 218 g/mol. The van der Waals surface area contributed by atoms with Crippen LogP contribution in [-0.4, -0.2) is 4.98 Å². The van der Waals surface area contributed by atoms with Gasteiger partial charge in [-0.25, -0.2) is 0 Å². The maximum absolute atomic E-state index is 4.80. The lowest BCUT2D eigenvalue weighted by atomic mass is 9.96. The Kier molecular flexibility index (Phi) is 2.75. The molecule has 1 heteroatoms. The molecule has 90 valence electrons. The minimum absolute atomic E-state index is 1.07. The molecule has 0 spiro atoms. The molecule has 1 aliphatic carbocycles. The second kappa shape index (κ2) is 4.41. The van der Waals surface area contributed by atoms with E-state index in [2.05, 4.69) is 56.3 Å². The van der Waals surface area contributed by atoms with E-state index in [1.165, 1.54) is 28.0 Å². The van der Waals surface area contributed by atoms with Gasteiger partial charge in [-0.1, -0.05) is 47.5 Å². The van der Waals surface area contributed by atoms with Crippen molar-refractivity contribution in [3.63, 3.8) is 0 Å². The Morgan fingerprint density at radius 3 is 2.44 bits per heavy atom. The van der Waals surface area contributed by atoms with Gasteiger partial charge in [-0.2, -0.15) is 0 Å². The lowest BCUT2D eigenvalue weighted by molar-refractivity contribution is 0.886. The summed E-state index contributed by atoms with van der Waals surface area (Å²) >= 11 is 0. The normalized spacial score (nSPS) is 14.0. The Balaban J connectivity index is 2.03. The van der Waals surface area contributed by atoms with Gasteiger partial charge in [0.25, 0.3) is 0 Å². The van der Waals surface area contributed by atoms with Crippen LogP contribution in [0.3, 0.4) is 0 Å². The number of pyridine rings is 1. The van der Waals surface area contributed by atoms with E-state index in [-0.39, 0.29) is 0 Å². The average Bonchev–Trinajstić information content (AvgIpc) is 2.39. The molecule has 18 heavy (non-hydrogen) atoms. The van der Waals surface area contributed by atoms with Gasteiger partial charge in [-0.05, 0) is 38.3 Å². The number of hydrogen-bond acceptors (Lipinski definition) is 1. The molecule has 0 bridgehead atoms. The largest absolute Gasteiger partial charge is 0.252 e. The third-order valence-electron chi connectivity index (χ3n) is 3.51. The van der Waals surface area contributed by atoms with Crippen LogP contribution in [0, 0.1) is 6.92 Å². The topological polar surface area (TPSA) is 12.9 Å². The van der Waals surface area contributed by atoms with Crippen molar-refractivity contribution in [2.24, 2.45) is 0 Å². The molecule has 0 radical (unpaired) electrons. The Morgan fingerprint density at radius 1 is 0.889 bits per heavy atom. The summed E-state index contributed by atoms with van der Waals surface area (Å²) in [5.74, 6) is 0. The van der Waals surface area contributed by atoms with Crippen molar-refractivity contribution in [1.82, 2.24) is 4.98 Å². The molecule has 0 atom stereocenters. The Morgan fingerprint density at radius 2 is 1.67 bits per heavy atom. The summed E-state index contributed by atoms with van der Waals surface area (Å²) in [6, 6.07) is 12.9. The zero-order valence-electron chi connectivity index (χ0n) is 10.9. The first-order chi connectivity index (χ1) is 8.72. The predicted octanol–water partition coefficient (Wildman–Crippen LogP) is 4.41. The molecule has 1 heterocycles. The first-order valence-corrected chi connectivity index (χ1v) is 6.46. The highest BCUT2D eigenvalue weighted by Gasteiger charge is 2.10. The maximum Gasteiger partial charge on any atom is 0.0705 e. The van der Waals surface area contributed by atoms with Gasteiger partial charge in [0.2, 0.25) is 0 Å². The number of rotatable bonds is 1. The van der Waals surface area contributed by atoms with Gasteiger partial charge < -0.3 is 0 Å². The van der Waals surface area contributed by atoms with E-state index in [0.717, 1.165) is 18.5 Å². The Labute approximate surface area is 108 Å². The van der Waals surface area contributed by atoms with Crippen molar-refractivity contribution in [3.8, 4) is 11.3 Å². The summed E-state index contributed by atoms with van der Waals surface area (Å²) in [6.07, 6.45) is 4.46. The second-order valence-corrected chi connectivity index (χ2v) is 5.09. The number of benzene rings is 1. The van der Waals surface area contributed by atoms with Crippen LogP contribution in [0.4, 0.5) is 0 Å². The van der Waals surface area contributed by atoms with Gasteiger partial charge in [0, 0.05) is 11.3 Å². The molecule has 1 aromatic heterocycles. The van der Waals surface area contributed by atoms with Crippen molar-refractivity contribution >= 4 is 6.08 Å². The first-order valence-electron chi connectivity index (χ1n) is 6.46.